The first-order valence-corrected chi connectivity index (χ1v) is 7.47. The Bertz CT molecular complexity index is 685. The van der Waals surface area contributed by atoms with Gasteiger partial charge >= 0.3 is 5.97 Å². The molecule has 7 nitrogen and oxygen atoms in total. The number of carboxylic acid groups (broad SMARTS) is 1. The van der Waals surface area contributed by atoms with Gasteiger partial charge in [0.25, 0.3) is 11.1 Å². The molecule has 1 N–H and O–H groups in total. The number of carbonyl (C=O) groups excluding carboxylic acids is 2. The van der Waals surface area contributed by atoms with E-state index in [2.05, 4.69) is 0 Å². The molecule has 1 aliphatic heterocycles. The molecule has 0 radical (unpaired) electrons. The number of hydrogen-bond acceptors (Lipinski definition) is 6. The average molecular weight is 337 g/mol. The van der Waals surface area contributed by atoms with E-state index >= 15 is 0 Å². The molecule has 1 heterocycles. The second-order valence-electron chi connectivity index (χ2n) is 4.58. The first-order valence-electron chi connectivity index (χ1n) is 6.65. The maximum Gasteiger partial charge on any atom is 0.305 e. The smallest absolute Gasteiger partial charge is 0.305 e. The number of imide groups is 1. The van der Waals surface area contributed by atoms with E-state index in [0.717, 1.165) is 16.7 Å². The van der Waals surface area contributed by atoms with Crippen LogP contribution in [0.15, 0.2) is 23.1 Å². The first kappa shape index (κ1) is 16.9. The number of thioether (sulfide) groups is 1. The lowest BCUT2D eigenvalue weighted by molar-refractivity contribution is -0.137. The van der Waals surface area contributed by atoms with Gasteiger partial charge in [-0.05, 0) is 36.0 Å². The molecule has 0 unspecified atom stereocenters. The van der Waals surface area contributed by atoms with Crippen molar-refractivity contribution in [1.82, 2.24) is 4.90 Å². The molecule has 1 saturated heterocycles. The molecule has 1 aromatic carbocycles. The summed E-state index contributed by atoms with van der Waals surface area (Å²) in [7, 11) is 3.02. The van der Waals surface area contributed by atoms with Crippen LogP contribution in [0.3, 0.4) is 0 Å². The maximum atomic E-state index is 12.2. The van der Waals surface area contributed by atoms with Crippen molar-refractivity contribution in [2.45, 2.75) is 6.42 Å². The Balaban J connectivity index is 2.28. The van der Waals surface area contributed by atoms with Crippen molar-refractivity contribution in [3.05, 3.63) is 28.7 Å². The fraction of sp³-hybridized carbons (Fsp3) is 0.267. The molecule has 1 aliphatic rings. The molecule has 1 aromatic rings. The Labute approximate surface area is 136 Å². The number of ether oxygens (including phenoxy) is 2. The minimum absolute atomic E-state index is 0.146. The predicted molar refractivity (Wildman–Crippen MR) is 84.5 cm³/mol. The van der Waals surface area contributed by atoms with Crippen molar-refractivity contribution in [3.8, 4) is 11.5 Å². The molecule has 122 valence electrons. The van der Waals surface area contributed by atoms with Crippen LogP contribution in [0.5, 0.6) is 11.5 Å². The number of methoxy groups -OCH3 is 2. The number of aliphatic carboxylic acids is 1. The highest BCUT2D eigenvalue weighted by molar-refractivity contribution is 8.18. The van der Waals surface area contributed by atoms with E-state index in [1.54, 1.807) is 18.2 Å². The van der Waals surface area contributed by atoms with Gasteiger partial charge in [-0.2, -0.15) is 0 Å². The van der Waals surface area contributed by atoms with E-state index in [9.17, 15) is 14.4 Å². The summed E-state index contributed by atoms with van der Waals surface area (Å²) < 4.78 is 10.4. The SMILES string of the molecule is COc1ccc(OC)c(/C=C2/SC(=O)N(CCC(=O)O)C2=O)c1. The summed E-state index contributed by atoms with van der Waals surface area (Å²) >= 11 is 0.770. The zero-order valence-electron chi connectivity index (χ0n) is 12.6. The quantitative estimate of drug-likeness (QED) is 0.795. The average Bonchev–Trinajstić information content (AvgIpc) is 2.79. The second kappa shape index (κ2) is 7.19. The maximum absolute atomic E-state index is 12.2. The second-order valence-corrected chi connectivity index (χ2v) is 5.58. The van der Waals surface area contributed by atoms with Crippen LogP contribution in [0.25, 0.3) is 6.08 Å². The molecule has 2 rings (SSSR count). The van der Waals surface area contributed by atoms with Gasteiger partial charge in [0.05, 0.1) is 25.5 Å². The summed E-state index contributed by atoms with van der Waals surface area (Å²) in [5.41, 5.74) is 0.593. The van der Waals surface area contributed by atoms with Crippen LogP contribution in [-0.2, 0) is 9.59 Å². The molecule has 0 aliphatic carbocycles. The lowest BCUT2D eigenvalue weighted by Gasteiger charge is -2.10. The lowest BCUT2D eigenvalue weighted by Crippen LogP contribution is -2.30. The van der Waals surface area contributed by atoms with E-state index in [0.29, 0.717) is 17.1 Å². The van der Waals surface area contributed by atoms with Crippen LogP contribution in [0.1, 0.15) is 12.0 Å². The van der Waals surface area contributed by atoms with Crippen molar-refractivity contribution in [2.24, 2.45) is 0 Å². The normalized spacial score (nSPS) is 16.1. The van der Waals surface area contributed by atoms with Crippen LogP contribution < -0.4 is 9.47 Å². The van der Waals surface area contributed by atoms with Crippen LogP contribution in [0, 0.1) is 0 Å². The fourth-order valence-corrected chi connectivity index (χ4v) is 2.85. The minimum Gasteiger partial charge on any atom is -0.497 e. The Morgan fingerprint density at radius 3 is 2.65 bits per heavy atom. The van der Waals surface area contributed by atoms with Crippen LogP contribution >= 0.6 is 11.8 Å². The number of carbonyl (C=O) groups is 3. The van der Waals surface area contributed by atoms with Gasteiger partial charge in [0.15, 0.2) is 0 Å². The van der Waals surface area contributed by atoms with Gasteiger partial charge < -0.3 is 14.6 Å². The van der Waals surface area contributed by atoms with Gasteiger partial charge in [-0.25, -0.2) is 0 Å². The van der Waals surface area contributed by atoms with Gasteiger partial charge in [-0.1, -0.05) is 0 Å². The van der Waals surface area contributed by atoms with Gasteiger partial charge in [-0.15, -0.1) is 0 Å². The third-order valence-corrected chi connectivity index (χ3v) is 4.05. The van der Waals surface area contributed by atoms with Gasteiger partial charge in [-0.3, -0.25) is 19.3 Å². The summed E-state index contributed by atoms with van der Waals surface area (Å²) in [5.74, 6) is -0.459. The number of benzene rings is 1. The highest BCUT2D eigenvalue weighted by Crippen LogP contribution is 2.35. The predicted octanol–water partition coefficient (Wildman–Crippen LogP) is 2.21. The van der Waals surface area contributed by atoms with E-state index < -0.39 is 17.1 Å². The first-order chi connectivity index (χ1) is 11.0. The standard InChI is InChI=1S/C15H15NO6S/c1-21-10-3-4-11(22-2)9(7-10)8-12-14(19)16(15(20)23-12)6-5-13(17)18/h3-4,7-8H,5-6H2,1-2H3,(H,17,18)/b12-8+. The number of nitrogens with zero attached hydrogens (tertiary/aromatic N) is 1. The number of carboxylic acids is 1. The molecule has 1 fully saturated rings. The number of hydrogen-bond donors (Lipinski definition) is 1. The monoisotopic (exact) mass is 337 g/mol. The van der Waals surface area contributed by atoms with E-state index in [1.165, 1.54) is 20.3 Å². The number of rotatable bonds is 6. The molecular formula is C15H15NO6S. The van der Waals surface area contributed by atoms with Gasteiger partial charge in [0, 0.05) is 12.1 Å². The summed E-state index contributed by atoms with van der Waals surface area (Å²) in [5, 5.41) is 8.19. The fourth-order valence-electron chi connectivity index (χ4n) is 1.99. The molecule has 0 spiro atoms. The zero-order chi connectivity index (χ0) is 17.0. The third kappa shape index (κ3) is 3.84. The molecule has 23 heavy (non-hydrogen) atoms. The van der Waals surface area contributed by atoms with E-state index in [4.69, 9.17) is 14.6 Å². The van der Waals surface area contributed by atoms with Crippen LogP contribution in [-0.4, -0.2) is 47.9 Å². The minimum atomic E-state index is -1.07. The highest BCUT2D eigenvalue weighted by atomic mass is 32.2. The largest absolute Gasteiger partial charge is 0.497 e. The van der Waals surface area contributed by atoms with Crippen molar-refractivity contribution in [1.29, 1.82) is 0 Å². The van der Waals surface area contributed by atoms with E-state index in [-0.39, 0.29) is 17.9 Å². The third-order valence-electron chi connectivity index (χ3n) is 3.15. The Hall–Kier alpha value is -2.48. The lowest BCUT2D eigenvalue weighted by atomic mass is 10.1. The molecule has 0 atom stereocenters. The molecule has 8 heteroatoms. The topological polar surface area (TPSA) is 93.1 Å². The molecule has 0 saturated carbocycles. The molecule has 0 bridgehead atoms. The van der Waals surface area contributed by atoms with E-state index in [1.807, 2.05) is 0 Å². The summed E-state index contributed by atoms with van der Waals surface area (Å²) in [4.78, 5) is 35.8. The molecule has 0 aromatic heterocycles. The summed E-state index contributed by atoms with van der Waals surface area (Å²) in [6.45, 7) is -0.146. The zero-order valence-corrected chi connectivity index (χ0v) is 13.4. The number of amides is 2. The molecular weight excluding hydrogens is 322 g/mol. The van der Waals surface area contributed by atoms with Crippen molar-refractivity contribution >= 4 is 35.0 Å². The Kier molecular flexibility index (Phi) is 5.28. The molecule has 2 amide bonds. The van der Waals surface area contributed by atoms with Crippen molar-refractivity contribution < 1.29 is 29.0 Å². The van der Waals surface area contributed by atoms with Gasteiger partial charge in [0.2, 0.25) is 0 Å². The van der Waals surface area contributed by atoms with Crippen LogP contribution in [0.2, 0.25) is 0 Å². The van der Waals surface area contributed by atoms with Gasteiger partial charge in [0.1, 0.15) is 11.5 Å². The van der Waals surface area contributed by atoms with Crippen LogP contribution in [0.4, 0.5) is 4.79 Å². The Morgan fingerprint density at radius 2 is 2.04 bits per heavy atom. The Morgan fingerprint density at radius 1 is 1.30 bits per heavy atom. The summed E-state index contributed by atoms with van der Waals surface area (Å²) in [6.07, 6.45) is 1.25. The van der Waals surface area contributed by atoms with Crippen molar-refractivity contribution in [3.63, 3.8) is 0 Å². The highest BCUT2D eigenvalue weighted by Gasteiger charge is 2.35. The van der Waals surface area contributed by atoms with Crippen molar-refractivity contribution in [2.75, 3.05) is 20.8 Å². The summed E-state index contributed by atoms with van der Waals surface area (Å²) in [6, 6.07) is 5.10.